The van der Waals surface area contributed by atoms with E-state index in [0.29, 0.717) is 5.69 Å². The highest BCUT2D eigenvalue weighted by molar-refractivity contribution is 7.89. The van der Waals surface area contributed by atoms with E-state index in [4.69, 9.17) is 0 Å². The maximum absolute atomic E-state index is 12.5. The average Bonchev–Trinajstić information content (AvgIpc) is 3.06. The Hall–Kier alpha value is -2.23. The monoisotopic (exact) mass is 423 g/mol. The van der Waals surface area contributed by atoms with Crippen LogP contribution in [0.1, 0.15) is 45.0 Å². The third-order valence-corrected chi connectivity index (χ3v) is 6.26. The molecule has 0 aliphatic rings. The van der Waals surface area contributed by atoms with Crippen LogP contribution in [0.5, 0.6) is 0 Å². The summed E-state index contributed by atoms with van der Waals surface area (Å²) in [6, 6.07) is 9.32. The van der Waals surface area contributed by atoms with Gasteiger partial charge in [-0.05, 0) is 50.4 Å². The van der Waals surface area contributed by atoms with E-state index in [9.17, 15) is 18.0 Å². The van der Waals surface area contributed by atoms with Gasteiger partial charge in [0.15, 0.2) is 0 Å². The summed E-state index contributed by atoms with van der Waals surface area (Å²) in [6.07, 6.45) is 0.0390. The van der Waals surface area contributed by atoms with Crippen molar-refractivity contribution in [3.05, 3.63) is 46.7 Å². The summed E-state index contributed by atoms with van der Waals surface area (Å²) in [5.74, 6) is -0.557. The number of sulfonamides is 1. The van der Waals surface area contributed by atoms with Crippen molar-refractivity contribution in [1.82, 2.24) is 10.0 Å². The van der Waals surface area contributed by atoms with Gasteiger partial charge in [0.1, 0.15) is 0 Å². The van der Waals surface area contributed by atoms with E-state index >= 15 is 0 Å². The second-order valence-corrected chi connectivity index (χ2v) is 10.1. The Morgan fingerprint density at radius 3 is 2.43 bits per heavy atom. The fraction of sp³-hybridized carbons (Fsp3) is 0.368. The molecular weight excluding hydrogens is 398 g/mol. The van der Waals surface area contributed by atoms with E-state index in [2.05, 4.69) is 15.4 Å². The number of rotatable bonds is 7. The molecule has 0 saturated carbocycles. The minimum atomic E-state index is -3.71. The fourth-order valence-corrected chi connectivity index (χ4v) is 4.80. The minimum absolute atomic E-state index is 0.0390. The van der Waals surface area contributed by atoms with Gasteiger partial charge >= 0.3 is 0 Å². The van der Waals surface area contributed by atoms with Crippen LogP contribution >= 0.6 is 11.3 Å². The molecule has 0 radical (unpaired) electrons. The van der Waals surface area contributed by atoms with Crippen molar-refractivity contribution >= 4 is 38.9 Å². The lowest BCUT2D eigenvalue weighted by molar-refractivity contribution is -0.120. The SMILES string of the molecule is CC(=O)NC(CC(=O)Nc1cccc(S(=O)(=O)NC(C)(C)C)c1)c1cccs1. The van der Waals surface area contributed by atoms with Crippen LogP contribution in [0, 0.1) is 0 Å². The Bertz CT molecular complexity index is 932. The van der Waals surface area contributed by atoms with Gasteiger partial charge < -0.3 is 10.6 Å². The Morgan fingerprint density at radius 1 is 1.14 bits per heavy atom. The number of hydrogen-bond acceptors (Lipinski definition) is 5. The predicted octanol–water partition coefficient (Wildman–Crippen LogP) is 3.03. The zero-order valence-corrected chi connectivity index (χ0v) is 17.9. The van der Waals surface area contributed by atoms with Crippen LogP contribution in [-0.4, -0.2) is 25.8 Å². The first-order valence-electron chi connectivity index (χ1n) is 8.71. The summed E-state index contributed by atoms with van der Waals surface area (Å²) in [7, 11) is -3.71. The van der Waals surface area contributed by atoms with E-state index < -0.39 is 21.6 Å². The van der Waals surface area contributed by atoms with Crippen molar-refractivity contribution in [2.45, 2.75) is 50.6 Å². The molecule has 152 valence electrons. The van der Waals surface area contributed by atoms with Crippen molar-refractivity contribution < 1.29 is 18.0 Å². The number of benzene rings is 1. The first kappa shape index (κ1) is 22.1. The zero-order valence-electron chi connectivity index (χ0n) is 16.3. The molecule has 2 amide bonds. The van der Waals surface area contributed by atoms with Gasteiger partial charge in [0.25, 0.3) is 0 Å². The quantitative estimate of drug-likeness (QED) is 0.637. The highest BCUT2D eigenvalue weighted by Crippen LogP contribution is 2.23. The van der Waals surface area contributed by atoms with Gasteiger partial charge in [-0.2, -0.15) is 0 Å². The van der Waals surface area contributed by atoms with Crippen LogP contribution in [-0.2, 0) is 19.6 Å². The number of carbonyl (C=O) groups is 2. The molecule has 1 unspecified atom stereocenters. The molecule has 2 aromatic rings. The molecule has 0 aliphatic carbocycles. The van der Waals surface area contributed by atoms with Crippen LogP contribution < -0.4 is 15.4 Å². The third kappa shape index (κ3) is 6.74. The van der Waals surface area contributed by atoms with Gasteiger partial charge in [-0.1, -0.05) is 12.1 Å². The number of hydrogen-bond donors (Lipinski definition) is 3. The average molecular weight is 424 g/mol. The highest BCUT2D eigenvalue weighted by Gasteiger charge is 2.23. The molecule has 3 N–H and O–H groups in total. The second kappa shape index (κ2) is 8.85. The fourth-order valence-electron chi connectivity index (χ4n) is 2.56. The second-order valence-electron chi connectivity index (χ2n) is 7.40. The van der Waals surface area contributed by atoms with Crippen LogP contribution in [0.15, 0.2) is 46.7 Å². The van der Waals surface area contributed by atoms with Gasteiger partial charge in [0, 0.05) is 23.0 Å². The molecule has 0 spiro atoms. The largest absolute Gasteiger partial charge is 0.348 e. The molecule has 1 aromatic carbocycles. The molecule has 28 heavy (non-hydrogen) atoms. The summed E-state index contributed by atoms with van der Waals surface area (Å²) in [4.78, 5) is 24.9. The smallest absolute Gasteiger partial charge is 0.241 e. The van der Waals surface area contributed by atoms with Gasteiger partial charge in [0.05, 0.1) is 17.4 Å². The molecule has 9 heteroatoms. The minimum Gasteiger partial charge on any atom is -0.348 e. The first-order valence-corrected chi connectivity index (χ1v) is 11.1. The van der Waals surface area contributed by atoms with Crippen LogP contribution in [0.3, 0.4) is 0 Å². The maximum atomic E-state index is 12.5. The first-order chi connectivity index (χ1) is 13.0. The number of carbonyl (C=O) groups excluding carboxylic acids is 2. The van der Waals surface area contributed by atoms with E-state index in [1.54, 1.807) is 32.9 Å². The van der Waals surface area contributed by atoms with Gasteiger partial charge in [-0.25, -0.2) is 13.1 Å². The van der Waals surface area contributed by atoms with E-state index in [0.717, 1.165) is 4.88 Å². The van der Waals surface area contributed by atoms with Gasteiger partial charge in [-0.15, -0.1) is 11.3 Å². The number of thiophene rings is 1. The van der Waals surface area contributed by atoms with Crippen LogP contribution in [0.4, 0.5) is 5.69 Å². The number of amides is 2. The van der Waals surface area contributed by atoms with Crippen LogP contribution in [0.25, 0.3) is 0 Å². The number of nitrogens with one attached hydrogen (secondary N) is 3. The summed E-state index contributed by atoms with van der Waals surface area (Å²) in [5.41, 5.74) is -0.251. The lowest BCUT2D eigenvalue weighted by atomic mass is 10.1. The summed E-state index contributed by atoms with van der Waals surface area (Å²) >= 11 is 1.45. The third-order valence-electron chi connectivity index (χ3n) is 3.52. The summed E-state index contributed by atoms with van der Waals surface area (Å²) in [5, 5.41) is 7.34. The van der Waals surface area contributed by atoms with Gasteiger partial charge in [-0.3, -0.25) is 9.59 Å². The Morgan fingerprint density at radius 2 is 1.86 bits per heavy atom. The van der Waals surface area contributed by atoms with Crippen molar-refractivity contribution in [1.29, 1.82) is 0 Å². The summed E-state index contributed by atoms with van der Waals surface area (Å²) < 4.78 is 27.5. The normalized spacial score (nSPS) is 13.0. The van der Waals surface area contributed by atoms with E-state index in [-0.39, 0.29) is 23.1 Å². The summed E-state index contributed by atoms with van der Waals surface area (Å²) in [6.45, 7) is 6.66. The molecule has 1 aromatic heterocycles. The lowest BCUT2D eigenvalue weighted by Gasteiger charge is -2.20. The topological polar surface area (TPSA) is 104 Å². The van der Waals surface area contributed by atoms with E-state index in [1.165, 1.54) is 30.4 Å². The van der Waals surface area contributed by atoms with Crippen molar-refractivity contribution in [2.24, 2.45) is 0 Å². The maximum Gasteiger partial charge on any atom is 0.241 e. The Kier molecular flexibility index (Phi) is 6.97. The molecule has 1 heterocycles. The number of anilines is 1. The molecule has 1 atom stereocenters. The standard InChI is InChI=1S/C19H25N3O4S2/c1-13(23)20-16(17-9-6-10-27-17)12-18(24)21-14-7-5-8-15(11-14)28(25,26)22-19(2,3)4/h5-11,16,22H,12H2,1-4H3,(H,20,23)(H,21,24). The van der Waals surface area contributed by atoms with Gasteiger partial charge in [0.2, 0.25) is 21.8 Å². The molecule has 0 fully saturated rings. The van der Waals surface area contributed by atoms with Crippen molar-refractivity contribution in [3.8, 4) is 0 Å². The zero-order chi connectivity index (χ0) is 20.9. The Balaban J connectivity index is 2.12. The highest BCUT2D eigenvalue weighted by atomic mass is 32.2. The molecule has 0 aliphatic heterocycles. The van der Waals surface area contributed by atoms with E-state index in [1.807, 2.05) is 17.5 Å². The van der Waals surface area contributed by atoms with Crippen molar-refractivity contribution in [3.63, 3.8) is 0 Å². The molecule has 0 saturated heterocycles. The lowest BCUT2D eigenvalue weighted by Crippen LogP contribution is -2.40. The van der Waals surface area contributed by atoms with Crippen LogP contribution in [0.2, 0.25) is 0 Å². The molecule has 2 rings (SSSR count). The predicted molar refractivity (Wildman–Crippen MR) is 111 cm³/mol. The molecule has 0 bridgehead atoms. The molecule has 7 nitrogen and oxygen atoms in total. The van der Waals surface area contributed by atoms with Crippen molar-refractivity contribution in [2.75, 3.05) is 5.32 Å². The molecular formula is C19H25N3O4S2. The Labute approximate surface area is 169 Å².